The van der Waals surface area contributed by atoms with E-state index in [4.69, 9.17) is 9.97 Å². The van der Waals surface area contributed by atoms with Gasteiger partial charge in [-0.2, -0.15) is 0 Å². The first-order chi connectivity index (χ1) is 14.8. The summed E-state index contributed by atoms with van der Waals surface area (Å²) >= 11 is 0. The molecule has 2 N–H and O–H groups in total. The predicted molar refractivity (Wildman–Crippen MR) is 121 cm³/mol. The quantitative estimate of drug-likeness (QED) is 0.468. The third kappa shape index (κ3) is 3.23. The lowest BCUT2D eigenvalue weighted by molar-refractivity contribution is 0.112. The number of anilines is 1. The number of hydrogen-bond acceptors (Lipinski definition) is 5. The lowest BCUT2D eigenvalue weighted by atomic mass is 10.1. The van der Waals surface area contributed by atoms with Gasteiger partial charge in [0, 0.05) is 28.9 Å². The van der Waals surface area contributed by atoms with Crippen LogP contribution in [0.3, 0.4) is 0 Å². The fourth-order valence-electron chi connectivity index (χ4n) is 4.54. The number of fused-ring (bicyclic) bond motifs is 2. The van der Waals surface area contributed by atoms with Gasteiger partial charge in [-0.25, -0.2) is 9.97 Å². The van der Waals surface area contributed by atoms with E-state index in [0.717, 1.165) is 53.5 Å². The molecule has 6 heteroatoms. The average molecular weight is 399 g/mol. The van der Waals surface area contributed by atoms with Gasteiger partial charge in [0.05, 0.1) is 16.8 Å². The number of carbonyl (C=O) groups is 1. The van der Waals surface area contributed by atoms with Crippen LogP contribution in [0.15, 0.2) is 48.5 Å². The maximum Gasteiger partial charge on any atom is 0.179 e. The van der Waals surface area contributed by atoms with E-state index in [1.807, 2.05) is 48.5 Å². The molecule has 1 atom stereocenters. The van der Waals surface area contributed by atoms with Gasteiger partial charge < -0.3 is 10.3 Å². The first kappa shape index (κ1) is 18.8. The van der Waals surface area contributed by atoms with Crippen LogP contribution in [-0.2, 0) is 0 Å². The van der Waals surface area contributed by atoms with E-state index >= 15 is 0 Å². The van der Waals surface area contributed by atoms with Gasteiger partial charge in [-0.1, -0.05) is 37.3 Å². The van der Waals surface area contributed by atoms with Gasteiger partial charge in [-0.15, -0.1) is 0 Å². The van der Waals surface area contributed by atoms with Crippen molar-refractivity contribution in [3.05, 3.63) is 54.1 Å². The smallest absolute Gasteiger partial charge is 0.179 e. The van der Waals surface area contributed by atoms with E-state index in [-0.39, 0.29) is 0 Å². The second kappa shape index (κ2) is 7.88. The maximum absolute atomic E-state index is 11.9. The molecule has 1 fully saturated rings. The van der Waals surface area contributed by atoms with E-state index in [9.17, 15) is 4.79 Å². The molecule has 0 spiro atoms. The fourth-order valence-corrected chi connectivity index (χ4v) is 4.54. The Morgan fingerprint density at radius 3 is 2.77 bits per heavy atom. The molecule has 0 bridgehead atoms. The zero-order valence-corrected chi connectivity index (χ0v) is 17.1. The predicted octanol–water partition coefficient (Wildman–Crippen LogP) is 4.49. The summed E-state index contributed by atoms with van der Waals surface area (Å²) in [6.07, 6.45) is 3.33. The number of aromatic nitrogens is 3. The molecular formula is C24H25N5O. The van der Waals surface area contributed by atoms with Gasteiger partial charge in [-0.3, -0.25) is 9.69 Å². The number of likely N-dealkylation sites (tertiary alicyclic amines) is 1. The molecule has 0 saturated carbocycles. The minimum absolute atomic E-state index is 0.519. The number of carbonyl (C=O) groups excluding carboxylic acids is 1. The molecule has 1 saturated heterocycles. The summed E-state index contributed by atoms with van der Waals surface area (Å²) in [6, 6.07) is 16.3. The first-order valence-electron chi connectivity index (χ1n) is 10.6. The minimum atomic E-state index is 0.519. The highest BCUT2D eigenvalue weighted by Crippen LogP contribution is 2.30. The Hall–Kier alpha value is -3.25. The molecular weight excluding hydrogens is 374 g/mol. The number of hydrogen-bond donors (Lipinski definition) is 2. The lowest BCUT2D eigenvalue weighted by Crippen LogP contribution is -2.34. The van der Waals surface area contributed by atoms with Gasteiger partial charge in [0.2, 0.25) is 0 Å². The molecule has 0 aliphatic carbocycles. The highest BCUT2D eigenvalue weighted by Gasteiger charge is 2.23. The number of nitrogens with one attached hydrogen (secondary N) is 2. The van der Waals surface area contributed by atoms with Gasteiger partial charge in [0.25, 0.3) is 0 Å². The molecule has 0 unspecified atom stereocenters. The summed E-state index contributed by atoms with van der Waals surface area (Å²) in [4.78, 5) is 27.4. The van der Waals surface area contributed by atoms with Gasteiger partial charge in [-0.05, 0) is 44.1 Å². The molecule has 6 nitrogen and oxygen atoms in total. The van der Waals surface area contributed by atoms with Crippen molar-refractivity contribution < 1.29 is 4.79 Å². The van der Waals surface area contributed by atoms with Crippen LogP contribution in [0.2, 0.25) is 0 Å². The summed E-state index contributed by atoms with van der Waals surface area (Å²) in [5.74, 6) is 1.35. The highest BCUT2D eigenvalue weighted by atomic mass is 16.1. The highest BCUT2D eigenvalue weighted by molar-refractivity contribution is 6.04. The normalized spacial score (nSPS) is 17.0. The SMILES string of the molecule is CCN1CCC[C@H]1CNc1nc(-c2[nH]c3ccccc3c2C=O)nc2ccccc12. The van der Waals surface area contributed by atoms with Crippen LogP contribution in [0.1, 0.15) is 30.1 Å². The molecule has 0 amide bonds. The van der Waals surface area contributed by atoms with Crippen molar-refractivity contribution in [2.75, 3.05) is 25.0 Å². The summed E-state index contributed by atoms with van der Waals surface area (Å²) in [5.41, 5.74) is 3.03. The molecule has 5 rings (SSSR count). The number of aldehydes is 1. The zero-order chi connectivity index (χ0) is 20.5. The molecule has 1 aliphatic rings. The van der Waals surface area contributed by atoms with Crippen LogP contribution < -0.4 is 5.32 Å². The Labute approximate surface area is 175 Å². The lowest BCUT2D eigenvalue weighted by Gasteiger charge is -2.23. The Morgan fingerprint density at radius 2 is 1.93 bits per heavy atom. The maximum atomic E-state index is 11.9. The summed E-state index contributed by atoms with van der Waals surface area (Å²) < 4.78 is 0. The number of aromatic amines is 1. The number of H-pyrrole nitrogens is 1. The van der Waals surface area contributed by atoms with Crippen molar-refractivity contribution in [2.45, 2.75) is 25.8 Å². The van der Waals surface area contributed by atoms with Gasteiger partial charge in [0.15, 0.2) is 12.1 Å². The number of likely N-dealkylation sites (N-methyl/N-ethyl adjacent to an activating group) is 1. The van der Waals surface area contributed by atoms with Gasteiger partial charge in [0.1, 0.15) is 5.82 Å². The molecule has 3 heterocycles. The van der Waals surface area contributed by atoms with E-state index in [1.54, 1.807) is 0 Å². The van der Waals surface area contributed by atoms with Crippen LogP contribution in [0.25, 0.3) is 33.3 Å². The summed E-state index contributed by atoms with van der Waals surface area (Å²) in [6.45, 7) is 5.30. The van der Waals surface area contributed by atoms with E-state index in [1.165, 1.54) is 12.8 Å². The zero-order valence-electron chi connectivity index (χ0n) is 17.1. The van der Waals surface area contributed by atoms with Crippen molar-refractivity contribution in [3.8, 4) is 11.5 Å². The van der Waals surface area contributed by atoms with Crippen LogP contribution in [0.4, 0.5) is 5.82 Å². The molecule has 30 heavy (non-hydrogen) atoms. The molecule has 4 aromatic rings. The monoisotopic (exact) mass is 399 g/mol. The molecule has 2 aromatic heterocycles. The van der Waals surface area contributed by atoms with E-state index in [2.05, 4.69) is 22.1 Å². The second-order valence-corrected chi connectivity index (χ2v) is 7.80. The Balaban J connectivity index is 1.58. The Morgan fingerprint density at radius 1 is 1.13 bits per heavy atom. The standard InChI is InChI=1S/C24H25N5O/c1-2-29-13-7-8-16(29)14-25-23-18-10-4-6-12-21(18)27-24(28-23)22-19(15-30)17-9-3-5-11-20(17)26-22/h3-6,9-12,15-16,26H,2,7-8,13-14H2,1H3,(H,25,27,28)/t16-/m0/s1. The largest absolute Gasteiger partial charge is 0.368 e. The number of rotatable bonds is 6. The topological polar surface area (TPSA) is 73.9 Å². The number of benzene rings is 2. The minimum Gasteiger partial charge on any atom is -0.368 e. The first-order valence-corrected chi connectivity index (χ1v) is 10.6. The van der Waals surface area contributed by atoms with Crippen molar-refractivity contribution in [2.24, 2.45) is 0 Å². The average Bonchev–Trinajstić information content (AvgIpc) is 3.41. The Bertz CT molecular complexity index is 1210. The summed E-state index contributed by atoms with van der Waals surface area (Å²) in [5, 5.41) is 5.46. The Kier molecular flexibility index (Phi) is 4.93. The van der Waals surface area contributed by atoms with Crippen LogP contribution in [0, 0.1) is 0 Å². The molecule has 1 aliphatic heterocycles. The van der Waals surface area contributed by atoms with Crippen molar-refractivity contribution in [1.82, 2.24) is 19.9 Å². The fraction of sp³-hybridized carbons (Fsp3) is 0.292. The third-order valence-electron chi connectivity index (χ3n) is 6.10. The molecule has 2 aromatic carbocycles. The van der Waals surface area contributed by atoms with Crippen LogP contribution in [0.5, 0.6) is 0 Å². The van der Waals surface area contributed by atoms with Crippen molar-refractivity contribution >= 4 is 33.9 Å². The number of nitrogens with zero attached hydrogens (tertiary/aromatic N) is 3. The van der Waals surface area contributed by atoms with Crippen LogP contribution >= 0.6 is 0 Å². The molecule has 0 radical (unpaired) electrons. The molecule has 152 valence electrons. The van der Waals surface area contributed by atoms with Crippen molar-refractivity contribution in [3.63, 3.8) is 0 Å². The third-order valence-corrected chi connectivity index (χ3v) is 6.10. The summed E-state index contributed by atoms with van der Waals surface area (Å²) in [7, 11) is 0. The second-order valence-electron chi connectivity index (χ2n) is 7.80. The number of para-hydroxylation sites is 2. The van der Waals surface area contributed by atoms with E-state index < -0.39 is 0 Å². The van der Waals surface area contributed by atoms with Crippen LogP contribution in [-0.4, -0.2) is 51.8 Å². The van der Waals surface area contributed by atoms with Crippen molar-refractivity contribution in [1.29, 1.82) is 0 Å². The van der Waals surface area contributed by atoms with Gasteiger partial charge >= 0.3 is 0 Å². The van der Waals surface area contributed by atoms with E-state index in [0.29, 0.717) is 23.1 Å².